The zero-order valence-electron chi connectivity index (χ0n) is 21.8. The Morgan fingerprint density at radius 2 is 1.49 bits per heavy atom. The second-order valence-electron chi connectivity index (χ2n) is 9.12. The third kappa shape index (κ3) is 5.50. The van der Waals surface area contributed by atoms with Crippen LogP contribution < -0.4 is 23.7 Å². The predicted octanol–water partition coefficient (Wildman–Crippen LogP) is 0.106. The van der Waals surface area contributed by atoms with Gasteiger partial charge in [-0.15, -0.1) is 0 Å². The molecule has 0 saturated carbocycles. The van der Waals surface area contributed by atoms with Crippen molar-refractivity contribution in [3.63, 3.8) is 0 Å². The lowest BCUT2D eigenvalue weighted by molar-refractivity contribution is -0.277. The van der Waals surface area contributed by atoms with E-state index in [0.717, 1.165) is 11.1 Å². The van der Waals surface area contributed by atoms with Crippen LogP contribution >= 0.6 is 0 Å². The Bertz CT molecular complexity index is 1140. The maximum Gasteiger partial charge on any atom is 0.229 e. The minimum Gasteiger partial charge on any atom is -0.493 e. The first-order chi connectivity index (χ1) is 18.8. The van der Waals surface area contributed by atoms with E-state index in [9.17, 15) is 25.5 Å². The topological polar surface area (TPSA) is 177 Å². The molecule has 12 heteroatoms. The van der Waals surface area contributed by atoms with Crippen LogP contribution in [0, 0.1) is 0 Å². The molecule has 1 fully saturated rings. The van der Waals surface area contributed by atoms with Crippen LogP contribution in [0.4, 0.5) is 0 Å². The Morgan fingerprint density at radius 1 is 0.821 bits per heavy atom. The zero-order chi connectivity index (χ0) is 28.3. The van der Waals surface area contributed by atoms with Crippen molar-refractivity contribution >= 4 is 6.08 Å². The van der Waals surface area contributed by atoms with Crippen LogP contribution in [0.1, 0.15) is 28.7 Å². The fraction of sp³-hybridized carbons (Fsp3) is 0.481. The lowest BCUT2D eigenvalue weighted by atomic mass is 9.90. The van der Waals surface area contributed by atoms with Crippen LogP contribution in [0.25, 0.3) is 6.08 Å². The zero-order valence-corrected chi connectivity index (χ0v) is 21.8. The quantitative estimate of drug-likeness (QED) is 0.236. The third-order valence-electron chi connectivity index (χ3n) is 6.84. The number of aliphatic hydroxyl groups is 6. The summed E-state index contributed by atoms with van der Waals surface area (Å²) in [6.45, 7) is -0.984. The second kappa shape index (κ2) is 12.4. The number of fused-ring (bicyclic) bond motifs is 1. The Kier molecular flexibility index (Phi) is 9.18. The predicted molar refractivity (Wildman–Crippen MR) is 136 cm³/mol. The van der Waals surface area contributed by atoms with Gasteiger partial charge in [-0.05, 0) is 29.8 Å². The van der Waals surface area contributed by atoms with E-state index in [2.05, 4.69) is 0 Å². The van der Waals surface area contributed by atoms with Crippen LogP contribution in [-0.2, 0) is 4.74 Å². The summed E-state index contributed by atoms with van der Waals surface area (Å²) in [5.74, 6) is 0.850. The van der Waals surface area contributed by atoms with Gasteiger partial charge in [0.15, 0.2) is 23.0 Å². The molecule has 2 aromatic carbocycles. The lowest BCUT2D eigenvalue weighted by Crippen LogP contribution is -2.60. The molecule has 0 unspecified atom stereocenters. The highest BCUT2D eigenvalue weighted by atomic mass is 16.7. The minimum atomic E-state index is -1.63. The molecule has 0 radical (unpaired) electrons. The summed E-state index contributed by atoms with van der Waals surface area (Å²) >= 11 is 0. The second-order valence-corrected chi connectivity index (χ2v) is 9.12. The van der Waals surface area contributed by atoms with Crippen LogP contribution in [0.15, 0.2) is 30.3 Å². The van der Waals surface area contributed by atoms with Crippen molar-refractivity contribution in [2.24, 2.45) is 0 Å². The number of hydrogen-bond acceptors (Lipinski definition) is 12. The van der Waals surface area contributed by atoms with Crippen LogP contribution in [0.2, 0.25) is 0 Å². The summed E-state index contributed by atoms with van der Waals surface area (Å²) in [5.41, 5.74) is 2.06. The molecule has 0 aliphatic carbocycles. The highest BCUT2D eigenvalue weighted by Crippen LogP contribution is 2.53. The molecule has 2 aliphatic rings. The third-order valence-corrected chi connectivity index (χ3v) is 6.84. The Hall–Kier alpha value is -3.10. The summed E-state index contributed by atoms with van der Waals surface area (Å²) in [5, 5.41) is 59.6. The number of methoxy groups -OCH3 is 3. The molecule has 2 aliphatic heterocycles. The summed E-state index contributed by atoms with van der Waals surface area (Å²) in [4.78, 5) is 0. The van der Waals surface area contributed by atoms with E-state index < -0.39 is 49.3 Å². The van der Waals surface area contributed by atoms with Crippen LogP contribution in [0.3, 0.4) is 0 Å². The van der Waals surface area contributed by atoms with Crippen molar-refractivity contribution in [3.05, 3.63) is 47.0 Å². The van der Waals surface area contributed by atoms with Crippen molar-refractivity contribution in [2.45, 2.75) is 42.7 Å². The standard InChI is InChI=1S/C27H34O12/c1-34-17-8-13(5-4-6-28)7-15-16(11-29)24(38-25(15)17)14-9-18(35-2)26(19(10-14)36-3)39-27-23(33)22(32)21(31)20(12-30)37-27/h4-5,7-10,16,20-24,27-33H,6,11-12H2,1-3H3/t16-,20-,21-,22+,23-,24+,27+/m1/s1. The average molecular weight is 551 g/mol. The number of rotatable bonds is 10. The Morgan fingerprint density at radius 3 is 2.05 bits per heavy atom. The SMILES string of the molecule is COc1cc([C@@H]2Oc3c(OC)cc(C=CCO)cc3[C@H]2CO)cc(OC)c1O[C@@H]1O[C@H](CO)[C@@H](O)[C@H](O)[C@H]1O. The lowest BCUT2D eigenvalue weighted by Gasteiger charge is -2.39. The van der Waals surface area contributed by atoms with Gasteiger partial charge in [0.05, 0.1) is 47.1 Å². The van der Waals surface area contributed by atoms with Crippen molar-refractivity contribution < 1.29 is 59.1 Å². The van der Waals surface area contributed by atoms with Crippen LogP contribution in [-0.4, -0.2) is 102 Å². The van der Waals surface area contributed by atoms with E-state index in [1.807, 2.05) is 6.07 Å². The van der Waals surface area contributed by atoms with Crippen molar-refractivity contribution in [1.29, 1.82) is 0 Å². The van der Waals surface area contributed by atoms with E-state index in [1.165, 1.54) is 21.3 Å². The first-order valence-electron chi connectivity index (χ1n) is 12.3. The molecular formula is C27H34O12. The van der Waals surface area contributed by atoms with E-state index in [0.29, 0.717) is 17.1 Å². The van der Waals surface area contributed by atoms with E-state index >= 15 is 0 Å². The summed E-state index contributed by atoms with van der Waals surface area (Å²) in [6.07, 6.45) is -4.75. The number of hydrogen-bond donors (Lipinski definition) is 6. The number of ether oxygens (including phenoxy) is 6. The van der Waals surface area contributed by atoms with Gasteiger partial charge in [0.1, 0.15) is 30.5 Å². The fourth-order valence-corrected chi connectivity index (χ4v) is 4.81. The molecule has 0 amide bonds. The maximum absolute atomic E-state index is 10.4. The number of benzene rings is 2. The Labute approximate surface area is 225 Å². The highest BCUT2D eigenvalue weighted by Gasteiger charge is 2.45. The molecule has 2 aromatic rings. The highest BCUT2D eigenvalue weighted by molar-refractivity contribution is 5.63. The van der Waals surface area contributed by atoms with E-state index in [4.69, 9.17) is 33.5 Å². The smallest absolute Gasteiger partial charge is 0.229 e. The largest absolute Gasteiger partial charge is 0.493 e. The fourth-order valence-electron chi connectivity index (χ4n) is 4.81. The maximum atomic E-state index is 10.4. The molecule has 0 spiro atoms. The van der Waals surface area contributed by atoms with Gasteiger partial charge in [-0.2, -0.15) is 0 Å². The number of aliphatic hydroxyl groups excluding tert-OH is 6. The van der Waals surface area contributed by atoms with Crippen molar-refractivity contribution in [1.82, 2.24) is 0 Å². The normalized spacial score (nSPS) is 28.2. The minimum absolute atomic E-state index is 0.0400. The molecule has 6 N–H and O–H groups in total. The van der Waals surface area contributed by atoms with Gasteiger partial charge in [-0.3, -0.25) is 0 Å². The molecule has 39 heavy (non-hydrogen) atoms. The van der Waals surface area contributed by atoms with Gasteiger partial charge < -0.3 is 59.1 Å². The summed E-state index contributed by atoms with van der Waals surface area (Å²) in [7, 11) is 4.31. The first-order valence-corrected chi connectivity index (χ1v) is 12.3. The van der Waals surface area contributed by atoms with Gasteiger partial charge in [0, 0.05) is 11.1 Å². The molecule has 12 nitrogen and oxygen atoms in total. The van der Waals surface area contributed by atoms with Gasteiger partial charge in [-0.25, -0.2) is 0 Å². The molecular weight excluding hydrogens is 516 g/mol. The molecule has 214 valence electrons. The molecule has 7 atom stereocenters. The van der Waals surface area contributed by atoms with Crippen molar-refractivity contribution in [2.75, 3.05) is 41.2 Å². The molecule has 2 heterocycles. The van der Waals surface area contributed by atoms with Crippen molar-refractivity contribution in [3.8, 4) is 28.7 Å². The van der Waals surface area contributed by atoms with E-state index in [1.54, 1.807) is 30.4 Å². The van der Waals surface area contributed by atoms with Gasteiger partial charge in [0.25, 0.3) is 0 Å². The van der Waals surface area contributed by atoms with E-state index in [-0.39, 0.29) is 30.5 Å². The van der Waals surface area contributed by atoms with Crippen LogP contribution in [0.5, 0.6) is 28.7 Å². The van der Waals surface area contributed by atoms with Gasteiger partial charge >= 0.3 is 0 Å². The average Bonchev–Trinajstić information content (AvgIpc) is 3.34. The monoisotopic (exact) mass is 550 g/mol. The summed E-state index contributed by atoms with van der Waals surface area (Å²) in [6, 6.07) is 6.87. The molecule has 0 aromatic heterocycles. The molecule has 0 bridgehead atoms. The summed E-state index contributed by atoms with van der Waals surface area (Å²) < 4.78 is 34.2. The van der Waals surface area contributed by atoms with Gasteiger partial charge in [-0.1, -0.05) is 12.2 Å². The molecule has 1 saturated heterocycles. The van der Waals surface area contributed by atoms with Gasteiger partial charge in [0.2, 0.25) is 12.0 Å². The Balaban J connectivity index is 1.70. The molecule has 4 rings (SSSR count). The first kappa shape index (κ1) is 28.9.